The number of likely N-dealkylation sites (N-methyl/N-ethyl adjacent to an activating group) is 1. The van der Waals surface area contributed by atoms with E-state index in [0.717, 1.165) is 12.3 Å². The Labute approximate surface area is 141 Å². The summed E-state index contributed by atoms with van der Waals surface area (Å²) >= 11 is 6.01. The molecule has 0 radical (unpaired) electrons. The number of hydrogen-bond donors (Lipinski definition) is 0. The quantitative estimate of drug-likeness (QED) is 0.737. The highest BCUT2D eigenvalue weighted by molar-refractivity contribution is 6.32. The third-order valence-electron chi connectivity index (χ3n) is 3.51. The van der Waals surface area contributed by atoms with Gasteiger partial charge in [0, 0.05) is 18.8 Å². The van der Waals surface area contributed by atoms with E-state index in [9.17, 15) is 18.0 Å². The number of carbonyl (C=O) groups excluding carboxylic acids is 1. The van der Waals surface area contributed by atoms with Crippen LogP contribution in [0.4, 0.5) is 18.0 Å². The van der Waals surface area contributed by atoms with Crippen molar-refractivity contribution >= 4 is 23.3 Å². The number of allylic oxidation sites excluding steroid dienone is 4. The van der Waals surface area contributed by atoms with E-state index in [2.05, 4.69) is 11.6 Å². The van der Waals surface area contributed by atoms with E-state index in [1.165, 1.54) is 18.0 Å². The number of cyclic esters (lactones) is 1. The number of aromatic nitrogens is 1. The van der Waals surface area contributed by atoms with E-state index < -0.39 is 17.8 Å². The molecule has 8 heteroatoms. The molecule has 0 bridgehead atoms. The molecule has 0 aromatic carbocycles. The molecule has 1 aromatic rings. The van der Waals surface area contributed by atoms with E-state index in [1.807, 2.05) is 0 Å². The Morgan fingerprint density at radius 3 is 2.62 bits per heavy atom. The maximum Gasteiger partial charge on any atom is 0.417 e. The predicted molar refractivity (Wildman–Crippen MR) is 84.2 cm³/mol. The third kappa shape index (κ3) is 3.62. The SMILES string of the molecule is C=C/C(C)=C(\C=C1/COC(=O)N1C)c1ncc(C(F)(F)F)cc1Cl. The number of pyridine rings is 1. The number of alkyl halides is 3. The first kappa shape index (κ1) is 18.1. The minimum Gasteiger partial charge on any atom is -0.443 e. The summed E-state index contributed by atoms with van der Waals surface area (Å²) in [5, 5.41) is -0.147. The number of hydrogen-bond acceptors (Lipinski definition) is 3. The molecule has 4 nitrogen and oxygen atoms in total. The Morgan fingerprint density at radius 1 is 1.50 bits per heavy atom. The van der Waals surface area contributed by atoms with E-state index in [-0.39, 0.29) is 17.3 Å². The van der Waals surface area contributed by atoms with Crippen LogP contribution in [0.3, 0.4) is 0 Å². The molecule has 2 rings (SSSR count). The van der Waals surface area contributed by atoms with Crippen LogP contribution in [-0.2, 0) is 10.9 Å². The van der Waals surface area contributed by atoms with Crippen molar-refractivity contribution in [3.63, 3.8) is 0 Å². The second-order valence-electron chi connectivity index (χ2n) is 5.10. The van der Waals surface area contributed by atoms with Crippen LogP contribution in [0.25, 0.3) is 5.57 Å². The highest BCUT2D eigenvalue weighted by Gasteiger charge is 2.32. The number of rotatable bonds is 3. The molecule has 24 heavy (non-hydrogen) atoms. The fraction of sp³-hybridized carbons (Fsp3) is 0.250. The van der Waals surface area contributed by atoms with Crippen LogP contribution in [0.5, 0.6) is 0 Å². The van der Waals surface area contributed by atoms with Crippen LogP contribution in [0.15, 0.2) is 42.3 Å². The van der Waals surface area contributed by atoms with Gasteiger partial charge in [-0.1, -0.05) is 24.3 Å². The molecule has 2 heterocycles. The third-order valence-corrected chi connectivity index (χ3v) is 3.80. The van der Waals surface area contributed by atoms with Crippen molar-refractivity contribution in [3.05, 3.63) is 58.5 Å². The Morgan fingerprint density at radius 2 is 2.17 bits per heavy atom. The van der Waals surface area contributed by atoms with Gasteiger partial charge in [0.25, 0.3) is 0 Å². The first-order valence-corrected chi connectivity index (χ1v) is 7.20. The average Bonchev–Trinajstić information content (AvgIpc) is 2.83. The lowest BCUT2D eigenvalue weighted by molar-refractivity contribution is -0.137. The first-order valence-electron chi connectivity index (χ1n) is 6.82. The highest BCUT2D eigenvalue weighted by Crippen LogP contribution is 2.34. The summed E-state index contributed by atoms with van der Waals surface area (Å²) in [5.41, 5.74) is 0.876. The minimum absolute atomic E-state index is 0.0571. The normalized spacial score (nSPS) is 17.8. The fourth-order valence-electron chi connectivity index (χ4n) is 2.02. The van der Waals surface area contributed by atoms with Crippen molar-refractivity contribution in [3.8, 4) is 0 Å². The van der Waals surface area contributed by atoms with Gasteiger partial charge in [-0.25, -0.2) is 4.79 Å². The molecule has 1 fully saturated rings. The van der Waals surface area contributed by atoms with Gasteiger partial charge in [0.2, 0.25) is 0 Å². The molecule has 1 aliphatic rings. The van der Waals surface area contributed by atoms with Crippen molar-refractivity contribution in [1.82, 2.24) is 9.88 Å². The predicted octanol–water partition coefficient (Wildman–Crippen LogP) is 4.68. The van der Waals surface area contributed by atoms with Gasteiger partial charge in [-0.05, 0) is 24.6 Å². The summed E-state index contributed by atoms with van der Waals surface area (Å²) in [4.78, 5) is 16.6. The van der Waals surface area contributed by atoms with E-state index in [4.69, 9.17) is 16.3 Å². The van der Waals surface area contributed by atoms with Crippen molar-refractivity contribution in [2.45, 2.75) is 13.1 Å². The van der Waals surface area contributed by atoms with Gasteiger partial charge >= 0.3 is 12.3 Å². The lowest BCUT2D eigenvalue weighted by Crippen LogP contribution is -2.16. The van der Waals surface area contributed by atoms with Crippen LogP contribution in [-0.4, -0.2) is 29.6 Å². The standard InChI is InChI=1S/C16H14ClF3N2O2/c1-4-9(2)12(6-11-8-24-15(23)22(11)3)14-13(17)5-10(7-21-14)16(18,19)20/h4-7H,1,8H2,2-3H3/b11-6+,12-9+. The van der Waals surface area contributed by atoms with Gasteiger partial charge in [0.15, 0.2) is 0 Å². The van der Waals surface area contributed by atoms with Crippen molar-refractivity contribution in [1.29, 1.82) is 0 Å². The molecule has 0 atom stereocenters. The Bertz CT molecular complexity index is 754. The number of carbonyl (C=O) groups is 1. The number of nitrogens with zero attached hydrogens (tertiary/aromatic N) is 2. The lowest BCUT2D eigenvalue weighted by Gasteiger charge is -2.13. The molecule has 0 aliphatic carbocycles. The number of halogens is 4. The molecule has 128 valence electrons. The molecule has 0 N–H and O–H groups in total. The zero-order valence-electron chi connectivity index (χ0n) is 12.9. The topological polar surface area (TPSA) is 42.4 Å². The zero-order chi connectivity index (χ0) is 18.1. The maximum atomic E-state index is 12.7. The van der Waals surface area contributed by atoms with Crippen LogP contribution >= 0.6 is 11.6 Å². The average molecular weight is 359 g/mol. The number of amides is 1. The van der Waals surface area contributed by atoms with Gasteiger partial charge in [0.1, 0.15) is 6.61 Å². The molecular weight excluding hydrogens is 345 g/mol. The summed E-state index contributed by atoms with van der Waals surface area (Å²) in [6.45, 7) is 5.42. The largest absolute Gasteiger partial charge is 0.443 e. The molecule has 1 aliphatic heterocycles. The van der Waals surface area contributed by atoms with Gasteiger partial charge in [-0.2, -0.15) is 13.2 Å². The van der Waals surface area contributed by atoms with Crippen molar-refractivity contribution in [2.75, 3.05) is 13.7 Å². The van der Waals surface area contributed by atoms with Gasteiger partial charge in [-0.15, -0.1) is 0 Å². The van der Waals surface area contributed by atoms with Crippen LogP contribution in [0, 0.1) is 0 Å². The summed E-state index contributed by atoms with van der Waals surface area (Å²) in [5.74, 6) is 0. The Balaban J connectivity index is 2.54. The van der Waals surface area contributed by atoms with E-state index in [0.29, 0.717) is 16.8 Å². The summed E-state index contributed by atoms with van der Waals surface area (Å²) in [7, 11) is 1.53. The van der Waals surface area contributed by atoms with E-state index in [1.54, 1.807) is 13.0 Å². The van der Waals surface area contributed by atoms with Crippen molar-refractivity contribution < 1.29 is 22.7 Å². The maximum absolute atomic E-state index is 12.7. The van der Waals surface area contributed by atoms with Crippen LogP contribution in [0.2, 0.25) is 5.02 Å². The zero-order valence-corrected chi connectivity index (χ0v) is 13.7. The molecule has 0 unspecified atom stereocenters. The second-order valence-corrected chi connectivity index (χ2v) is 5.51. The fourth-order valence-corrected chi connectivity index (χ4v) is 2.29. The van der Waals surface area contributed by atoms with Crippen LogP contribution in [0.1, 0.15) is 18.2 Å². The highest BCUT2D eigenvalue weighted by atomic mass is 35.5. The Hall–Kier alpha value is -2.28. The Kier molecular flexibility index (Phi) is 5.03. The molecule has 0 saturated carbocycles. The number of ether oxygens (including phenoxy) is 1. The smallest absolute Gasteiger partial charge is 0.417 e. The van der Waals surface area contributed by atoms with Gasteiger partial charge in [0.05, 0.1) is 22.0 Å². The second kappa shape index (κ2) is 6.68. The molecule has 1 amide bonds. The molecule has 1 aromatic heterocycles. The minimum atomic E-state index is -4.53. The molecule has 1 saturated heterocycles. The molecular formula is C16H14ClF3N2O2. The summed E-state index contributed by atoms with van der Waals surface area (Å²) in [6.07, 6.45) is -1.20. The van der Waals surface area contributed by atoms with Gasteiger partial charge < -0.3 is 4.74 Å². The monoisotopic (exact) mass is 358 g/mol. The summed E-state index contributed by atoms with van der Waals surface area (Å²) in [6, 6.07) is 0.818. The lowest BCUT2D eigenvalue weighted by atomic mass is 10.0. The molecule has 0 spiro atoms. The van der Waals surface area contributed by atoms with E-state index >= 15 is 0 Å². The van der Waals surface area contributed by atoms with Crippen molar-refractivity contribution in [2.24, 2.45) is 0 Å². The van der Waals surface area contributed by atoms with Crippen LogP contribution < -0.4 is 0 Å². The summed E-state index contributed by atoms with van der Waals surface area (Å²) < 4.78 is 43.1. The first-order chi connectivity index (χ1) is 11.1. The van der Waals surface area contributed by atoms with Gasteiger partial charge in [-0.3, -0.25) is 9.88 Å².